The number of hydrogen-bond acceptors (Lipinski definition) is 5. The summed E-state index contributed by atoms with van der Waals surface area (Å²) in [4.78, 5) is 4.36. The third kappa shape index (κ3) is 3.32. The zero-order valence-corrected chi connectivity index (χ0v) is 11.9. The van der Waals surface area contributed by atoms with Crippen LogP contribution in [0.2, 0.25) is 0 Å². The Balaban J connectivity index is 2.03. The highest BCUT2D eigenvalue weighted by Gasteiger charge is 2.33. The molecule has 1 aliphatic heterocycles. The quantitative estimate of drug-likeness (QED) is 0.566. The molecule has 1 aliphatic rings. The molecular weight excluding hydrogens is 242 g/mol. The highest BCUT2D eigenvalue weighted by Crippen LogP contribution is 2.27. The molecule has 1 fully saturated rings. The van der Waals surface area contributed by atoms with E-state index >= 15 is 0 Å². The zero-order valence-electron chi connectivity index (χ0n) is 11.9. The fraction of sp³-hybridized carbons (Fsp3) is 0.846. The Morgan fingerprint density at radius 2 is 2.42 bits per heavy atom. The van der Waals surface area contributed by atoms with Crippen LogP contribution in [0.5, 0.6) is 0 Å². The van der Waals surface area contributed by atoms with Crippen molar-refractivity contribution in [2.45, 2.75) is 58.2 Å². The lowest BCUT2D eigenvalue weighted by Crippen LogP contribution is -2.45. The highest BCUT2D eigenvalue weighted by atomic mass is 16.5. The van der Waals surface area contributed by atoms with Crippen LogP contribution in [0.1, 0.15) is 38.9 Å². The van der Waals surface area contributed by atoms with Crippen molar-refractivity contribution in [2.75, 3.05) is 6.61 Å². The van der Waals surface area contributed by atoms with Gasteiger partial charge in [0.25, 0.3) is 0 Å². The van der Waals surface area contributed by atoms with E-state index in [4.69, 9.17) is 10.6 Å². The lowest BCUT2D eigenvalue weighted by atomic mass is 9.89. The third-order valence-corrected chi connectivity index (χ3v) is 3.93. The molecule has 0 saturated carbocycles. The zero-order chi connectivity index (χ0) is 13.7. The molecule has 3 N–H and O–H groups in total. The van der Waals surface area contributed by atoms with Crippen molar-refractivity contribution >= 4 is 0 Å². The van der Waals surface area contributed by atoms with Crippen molar-refractivity contribution in [1.82, 2.24) is 20.2 Å². The van der Waals surface area contributed by atoms with Crippen molar-refractivity contribution in [3.05, 3.63) is 12.2 Å². The number of nitrogens with two attached hydrogens (primary N) is 1. The number of aryl methyl sites for hydroxylation is 1. The van der Waals surface area contributed by atoms with Gasteiger partial charge in [0.2, 0.25) is 0 Å². The van der Waals surface area contributed by atoms with E-state index < -0.39 is 0 Å². The van der Waals surface area contributed by atoms with E-state index in [9.17, 15) is 0 Å². The van der Waals surface area contributed by atoms with Crippen molar-refractivity contribution in [2.24, 2.45) is 11.8 Å². The van der Waals surface area contributed by atoms with Crippen LogP contribution in [0.15, 0.2) is 6.33 Å². The summed E-state index contributed by atoms with van der Waals surface area (Å²) in [7, 11) is 0. The van der Waals surface area contributed by atoms with Crippen LogP contribution < -0.4 is 11.3 Å². The fourth-order valence-electron chi connectivity index (χ4n) is 2.92. The second-order valence-corrected chi connectivity index (χ2v) is 5.15. The molecule has 2 heterocycles. The van der Waals surface area contributed by atoms with Crippen LogP contribution in [-0.4, -0.2) is 33.5 Å². The van der Waals surface area contributed by atoms with Crippen LogP contribution in [0, 0.1) is 5.92 Å². The molecule has 0 radical (unpaired) electrons. The van der Waals surface area contributed by atoms with E-state index in [0.717, 1.165) is 44.7 Å². The normalized spacial score (nSPS) is 24.8. The molecule has 0 aliphatic carbocycles. The smallest absolute Gasteiger partial charge is 0.138 e. The van der Waals surface area contributed by atoms with Gasteiger partial charge in [-0.3, -0.25) is 16.0 Å². The van der Waals surface area contributed by atoms with Crippen LogP contribution in [-0.2, 0) is 17.7 Å². The summed E-state index contributed by atoms with van der Waals surface area (Å²) in [5, 5.41) is 4.26. The molecular formula is C13H25N5O. The number of aromatic nitrogens is 3. The molecule has 19 heavy (non-hydrogen) atoms. The molecule has 1 aromatic rings. The number of rotatable bonds is 7. The minimum atomic E-state index is 0.201. The molecule has 6 nitrogen and oxygen atoms in total. The van der Waals surface area contributed by atoms with Crippen LogP contribution in [0.25, 0.3) is 0 Å². The molecule has 3 unspecified atom stereocenters. The maximum atomic E-state index is 5.76. The van der Waals surface area contributed by atoms with E-state index in [0.29, 0.717) is 12.0 Å². The molecule has 1 aromatic heterocycles. The predicted molar refractivity (Wildman–Crippen MR) is 73.3 cm³/mol. The van der Waals surface area contributed by atoms with Crippen molar-refractivity contribution < 1.29 is 4.74 Å². The number of hydrazine groups is 1. The Kier molecular flexibility index (Phi) is 5.30. The van der Waals surface area contributed by atoms with Gasteiger partial charge in [0.1, 0.15) is 12.2 Å². The SMILES string of the molecule is CCCn1ncnc1CC(NN)C1CCOC1CC. The topological polar surface area (TPSA) is 78.0 Å². The molecule has 1 saturated heterocycles. The number of nitrogens with zero attached hydrogens (tertiary/aromatic N) is 3. The largest absolute Gasteiger partial charge is 0.378 e. The summed E-state index contributed by atoms with van der Waals surface area (Å²) in [5.41, 5.74) is 2.95. The summed E-state index contributed by atoms with van der Waals surface area (Å²) in [5.74, 6) is 7.21. The van der Waals surface area contributed by atoms with Gasteiger partial charge in [0.15, 0.2) is 0 Å². The molecule has 0 bridgehead atoms. The standard InChI is InChI=1S/C13H25N5O/c1-3-6-18-13(15-9-16-18)8-11(17-14)10-5-7-19-12(10)4-2/h9-12,17H,3-8,14H2,1-2H3. The molecule has 0 amide bonds. The van der Waals surface area contributed by atoms with Crippen LogP contribution in [0.3, 0.4) is 0 Å². The van der Waals surface area contributed by atoms with Gasteiger partial charge in [-0.25, -0.2) is 4.98 Å². The van der Waals surface area contributed by atoms with Crippen molar-refractivity contribution in [3.63, 3.8) is 0 Å². The van der Waals surface area contributed by atoms with Crippen molar-refractivity contribution in [1.29, 1.82) is 0 Å². The Labute approximate surface area is 114 Å². The average molecular weight is 267 g/mol. The first kappa shape index (κ1) is 14.4. The molecule has 3 atom stereocenters. The van der Waals surface area contributed by atoms with Gasteiger partial charge in [0, 0.05) is 31.5 Å². The van der Waals surface area contributed by atoms with Gasteiger partial charge in [-0.15, -0.1) is 0 Å². The summed E-state index contributed by atoms with van der Waals surface area (Å²) in [6.07, 6.45) is 5.90. The van der Waals surface area contributed by atoms with E-state index in [1.54, 1.807) is 6.33 Å². The monoisotopic (exact) mass is 267 g/mol. The van der Waals surface area contributed by atoms with Gasteiger partial charge < -0.3 is 4.74 Å². The van der Waals surface area contributed by atoms with Gasteiger partial charge in [-0.05, 0) is 19.3 Å². The van der Waals surface area contributed by atoms with Gasteiger partial charge in [-0.1, -0.05) is 13.8 Å². The van der Waals surface area contributed by atoms with E-state index in [-0.39, 0.29) is 6.04 Å². The van der Waals surface area contributed by atoms with E-state index in [2.05, 4.69) is 29.4 Å². The average Bonchev–Trinajstić information content (AvgIpc) is 3.05. The van der Waals surface area contributed by atoms with Crippen LogP contribution in [0.4, 0.5) is 0 Å². The number of nitrogens with one attached hydrogen (secondary N) is 1. The Bertz CT molecular complexity index is 381. The number of hydrogen-bond donors (Lipinski definition) is 2. The maximum absolute atomic E-state index is 5.76. The minimum absolute atomic E-state index is 0.201. The van der Waals surface area contributed by atoms with Crippen LogP contribution >= 0.6 is 0 Å². The second kappa shape index (κ2) is 6.98. The summed E-state index contributed by atoms with van der Waals surface area (Å²) >= 11 is 0. The summed E-state index contributed by atoms with van der Waals surface area (Å²) < 4.78 is 7.73. The molecule has 0 aromatic carbocycles. The molecule has 108 valence electrons. The lowest BCUT2D eigenvalue weighted by Gasteiger charge is -2.26. The Morgan fingerprint density at radius 1 is 1.58 bits per heavy atom. The second-order valence-electron chi connectivity index (χ2n) is 5.15. The van der Waals surface area contributed by atoms with Gasteiger partial charge in [-0.2, -0.15) is 5.10 Å². The van der Waals surface area contributed by atoms with Gasteiger partial charge in [0.05, 0.1) is 6.10 Å². The van der Waals surface area contributed by atoms with Crippen molar-refractivity contribution in [3.8, 4) is 0 Å². The Hall–Kier alpha value is -0.980. The van der Waals surface area contributed by atoms with E-state index in [1.807, 2.05) is 4.68 Å². The summed E-state index contributed by atoms with van der Waals surface area (Å²) in [6.45, 7) is 6.05. The van der Waals surface area contributed by atoms with E-state index in [1.165, 1.54) is 0 Å². The summed E-state index contributed by atoms with van der Waals surface area (Å²) in [6, 6.07) is 0.201. The first-order chi connectivity index (χ1) is 9.30. The minimum Gasteiger partial charge on any atom is -0.378 e. The predicted octanol–water partition coefficient (Wildman–Crippen LogP) is 0.878. The highest BCUT2D eigenvalue weighted by molar-refractivity contribution is 4.94. The molecule has 6 heteroatoms. The van der Waals surface area contributed by atoms with Gasteiger partial charge >= 0.3 is 0 Å². The third-order valence-electron chi connectivity index (χ3n) is 3.93. The lowest BCUT2D eigenvalue weighted by molar-refractivity contribution is 0.0771. The first-order valence-electron chi connectivity index (χ1n) is 7.24. The first-order valence-corrected chi connectivity index (χ1v) is 7.24. The Morgan fingerprint density at radius 3 is 3.11 bits per heavy atom. The fourth-order valence-corrected chi connectivity index (χ4v) is 2.92. The number of ether oxygens (including phenoxy) is 1. The molecule has 0 spiro atoms. The maximum Gasteiger partial charge on any atom is 0.138 e. The molecule has 2 rings (SSSR count).